The predicted octanol–water partition coefficient (Wildman–Crippen LogP) is 0.595. The van der Waals surface area contributed by atoms with Crippen LogP contribution in [0.1, 0.15) is 18.0 Å². The Kier molecular flexibility index (Phi) is 2.57. The highest BCUT2D eigenvalue weighted by atomic mass is 16.7. The van der Waals surface area contributed by atoms with E-state index >= 15 is 0 Å². The zero-order valence-electron chi connectivity index (χ0n) is 8.34. The van der Waals surface area contributed by atoms with Crippen LogP contribution in [0.25, 0.3) is 0 Å². The van der Waals surface area contributed by atoms with Crippen LogP contribution in [0.2, 0.25) is 0 Å². The van der Waals surface area contributed by atoms with Crippen molar-refractivity contribution in [1.29, 1.82) is 0 Å². The van der Waals surface area contributed by atoms with Crippen LogP contribution in [0.15, 0.2) is 12.1 Å². The number of rotatable bonds is 3. The highest BCUT2D eigenvalue weighted by Gasteiger charge is 2.23. The van der Waals surface area contributed by atoms with E-state index in [1.807, 2.05) is 0 Å². The van der Waals surface area contributed by atoms with Gasteiger partial charge in [0.05, 0.1) is 6.42 Å². The molecule has 1 atom stereocenters. The van der Waals surface area contributed by atoms with Gasteiger partial charge in [0.2, 0.25) is 12.5 Å². The van der Waals surface area contributed by atoms with E-state index in [9.17, 15) is 9.90 Å². The Morgan fingerprint density at radius 1 is 1.50 bits per heavy atom. The summed E-state index contributed by atoms with van der Waals surface area (Å²) in [4.78, 5) is 10.5. The van der Waals surface area contributed by atoms with E-state index in [0.717, 1.165) is 0 Å². The summed E-state index contributed by atoms with van der Waals surface area (Å²) in [6, 6.07) is 2.36. The van der Waals surface area contributed by atoms with Crippen molar-refractivity contribution >= 4 is 5.97 Å². The van der Waals surface area contributed by atoms with Crippen molar-refractivity contribution in [3.05, 3.63) is 17.7 Å². The monoisotopic (exact) mass is 225 g/mol. The van der Waals surface area contributed by atoms with Gasteiger partial charge in [0.15, 0.2) is 11.5 Å². The average molecular weight is 225 g/mol. The van der Waals surface area contributed by atoms with Crippen molar-refractivity contribution in [2.75, 3.05) is 6.79 Å². The van der Waals surface area contributed by atoms with Crippen molar-refractivity contribution in [1.82, 2.24) is 0 Å². The van der Waals surface area contributed by atoms with Crippen LogP contribution in [0, 0.1) is 0 Å². The fourth-order valence-electron chi connectivity index (χ4n) is 1.57. The van der Waals surface area contributed by atoms with E-state index in [2.05, 4.69) is 0 Å². The topological polar surface area (TPSA) is 102 Å². The highest BCUT2D eigenvalue weighted by Crippen LogP contribution is 2.44. The van der Waals surface area contributed by atoms with E-state index < -0.39 is 12.0 Å². The van der Waals surface area contributed by atoms with Crippen LogP contribution >= 0.6 is 0 Å². The highest BCUT2D eigenvalue weighted by molar-refractivity contribution is 5.68. The second kappa shape index (κ2) is 3.90. The normalized spacial score (nSPS) is 14.8. The first-order chi connectivity index (χ1) is 7.59. The summed E-state index contributed by atoms with van der Waals surface area (Å²) in [6.07, 6.45) is -0.257. The maximum absolute atomic E-state index is 10.5. The lowest BCUT2D eigenvalue weighted by atomic mass is 10.0. The van der Waals surface area contributed by atoms with Crippen LogP contribution in [0.5, 0.6) is 17.2 Å². The Labute approximate surface area is 91.2 Å². The number of nitrogens with two attached hydrogens (primary N) is 1. The third kappa shape index (κ3) is 1.74. The molecule has 0 spiro atoms. The first-order valence-corrected chi connectivity index (χ1v) is 4.68. The Bertz CT molecular complexity index is 431. The van der Waals surface area contributed by atoms with Crippen molar-refractivity contribution in [3.63, 3.8) is 0 Å². The lowest BCUT2D eigenvalue weighted by Gasteiger charge is -2.12. The van der Waals surface area contributed by atoms with Crippen LogP contribution in [0.4, 0.5) is 0 Å². The molecule has 16 heavy (non-hydrogen) atoms. The van der Waals surface area contributed by atoms with Crippen molar-refractivity contribution in [3.8, 4) is 17.2 Å². The number of hydrogen-bond donors (Lipinski definition) is 3. The van der Waals surface area contributed by atoms with Gasteiger partial charge in [0, 0.05) is 11.6 Å². The molecule has 1 unspecified atom stereocenters. The number of phenols is 1. The zero-order valence-corrected chi connectivity index (χ0v) is 8.34. The van der Waals surface area contributed by atoms with Gasteiger partial charge in [-0.15, -0.1) is 0 Å². The molecule has 1 aliphatic heterocycles. The van der Waals surface area contributed by atoms with Crippen LogP contribution < -0.4 is 15.2 Å². The first kappa shape index (κ1) is 10.6. The van der Waals surface area contributed by atoms with Crippen molar-refractivity contribution in [2.24, 2.45) is 5.73 Å². The van der Waals surface area contributed by atoms with Gasteiger partial charge in [-0.3, -0.25) is 4.79 Å². The molecule has 0 bridgehead atoms. The van der Waals surface area contributed by atoms with Gasteiger partial charge in [0.25, 0.3) is 0 Å². The molecule has 0 aliphatic carbocycles. The minimum absolute atomic E-state index is 0.0422. The van der Waals surface area contributed by atoms with Crippen LogP contribution in [0.3, 0.4) is 0 Å². The minimum Gasteiger partial charge on any atom is -0.504 e. The van der Waals surface area contributed by atoms with Gasteiger partial charge in [0.1, 0.15) is 0 Å². The number of aromatic hydroxyl groups is 1. The summed E-state index contributed by atoms with van der Waals surface area (Å²) in [5.74, 6) is -0.518. The van der Waals surface area contributed by atoms with E-state index in [4.69, 9.17) is 20.3 Å². The maximum Gasteiger partial charge on any atom is 0.305 e. The number of benzene rings is 1. The number of carboxylic acid groups (broad SMARTS) is 1. The summed E-state index contributed by atoms with van der Waals surface area (Å²) >= 11 is 0. The van der Waals surface area contributed by atoms with Gasteiger partial charge >= 0.3 is 5.97 Å². The molecule has 0 amide bonds. The standard InChI is InChI=1S/C10H11NO5/c11-6(3-8(12)13)5-1-2-7-10(9(5)14)16-4-15-7/h1-2,6,14H,3-4,11H2,(H,12,13). The summed E-state index contributed by atoms with van der Waals surface area (Å²) in [5.41, 5.74) is 5.99. The summed E-state index contributed by atoms with van der Waals surface area (Å²) in [7, 11) is 0. The maximum atomic E-state index is 10.5. The van der Waals surface area contributed by atoms with Gasteiger partial charge in [-0.1, -0.05) is 0 Å². The SMILES string of the molecule is NC(CC(=O)O)c1ccc2c(c1O)OCO2. The lowest BCUT2D eigenvalue weighted by Crippen LogP contribution is -2.15. The quantitative estimate of drug-likeness (QED) is 0.696. The lowest BCUT2D eigenvalue weighted by molar-refractivity contribution is -0.137. The summed E-state index contributed by atoms with van der Waals surface area (Å²) < 4.78 is 10.1. The predicted molar refractivity (Wildman–Crippen MR) is 53.4 cm³/mol. The van der Waals surface area contributed by atoms with E-state index in [1.54, 1.807) is 6.07 Å². The molecule has 1 aromatic carbocycles. The smallest absolute Gasteiger partial charge is 0.305 e. The third-order valence-corrected chi connectivity index (χ3v) is 2.34. The second-order valence-electron chi connectivity index (χ2n) is 3.44. The molecule has 1 aromatic rings. The first-order valence-electron chi connectivity index (χ1n) is 4.68. The molecule has 0 saturated heterocycles. The minimum atomic E-state index is -1.02. The molecule has 2 rings (SSSR count). The number of fused-ring (bicyclic) bond motifs is 1. The van der Waals surface area contributed by atoms with E-state index in [-0.39, 0.29) is 24.7 Å². The van der Waals surface area contributed by atoms with E-state index in [1.165, 1.54) is 6.07 Å². The molecule has 4 N–H and O–H groups in total. The van der Waals surface area contributed by atoms with Crippen LogP contribution in [-0.2, 0) is 4.79 Å². The number of ether oxygens (including phenoxy) is 2. The Hall–Kier alpha value is -1.95. The number of phenolic OH excluding ortho intramolecular Hbond substituents is 1. The van der Waals surface area contributed by atoms with Crippen LogP contribution in [-0.4, -0.2) is 23.0 Å². The fraction of sp³-hybridized carbons (Fsp3) is 0.300. The Balaban J connectivity index is 2.32. The molecule has 86 valence electrons. The molecule has 0 saturated carbocycles. The van der Waals surface area contributed by atoms with E-state index in [0.29, 0.717) is 11.3 Å². The van der Waals surface area contributed by atoms with Crippen molar-refractivity contribution in [2.45, 2.75) is 12.5 Å². The molecule has 6 heteroatoms. The number of hydrogen-bond acceptors (Lipinski definition) is 5. The average Bonchev–Trinajstić information content (AvgIpc) is 2.65. The number of carbonyl (C=O) groups is 1. The Morgan fingerprint density at radius 2 is 2.25 bits per heavy atom. The van der Waals surface area contributed by atoms with Gasteiger partial charge < -0.3 is 25.4 Å². The summed E-state index contributed by atoms with van der Waals surface area (Å²) in [5, 5.41) is 18.4. The number of carboxylic acids is 1. The fourth-order valence-corrected chi connectivity index (χ4v) is 1.57. The Morgan fingerprint density at radius 3 is 2.94 bits per heavy atom. The molecule has 0 fully saturated rings. The number of aliphatic carboxylic acids is 1. The largest absolute Gasteiger partial charge is 0.504 e. The second-order valence-corrected chi connectivity index (χ2v) is 3.44. The molecule has 1 aliphatic rings. The van der Waals surface area contributed by atoms with Crippen molar-refractivity contribution < 1.29 is 24.5 Å². The van der Waals surface area contributed by atoms with Gasteiger partial charge in [-0.05, 0) is 12.1 Å². The molecule has 0 radical (unpaired) electrons. The summed E-state index contributed by atoms with van der Waals surface area (Å²) in [6.45, 7) is 0.0422. The molecule has 6 nitrogen and oxygen atoms in total. The molecular formula is C10H11NO5. The van der Waals surface area contributed by atoms with Gasteiger partial charge in [-0.2, -0.15) is 0 Å². The van der Waals surface area contributed by atoms with Gasteiger partial charge in [-0.25, -0.2) is 0 Å². The molecule has 0 aromatic heterocycles. The molecular weight excluding hydrogens is 214 g/mol. The third-order valence-electron chi connectivity index (χ3n) is 2.34. The molecule has 1 heterocycles. The zero-order chi connectivity index (χ0) is 11.7.